The lowest BCUT2D eigenvalue weighted by atomic mass is 10.1. The molecular weight excluding hydrogens is 308 g/mol. The van der Waals surface area contributed by atoms with Gasteiger partial charge in [-0.2, -0.15) is 5.21 Å². The molecule has 0 fully saturated rings. The Morgan fingerprint density at radius 3 is 2.79 bits per heavy atom. The highest BCUT2D eigenvalue weighted by atomic mass is 16.5. The molecule has 24 heavy (non-hydrogen) atoms. The average Bonchev–Trinajstić information content (AvgIpc) is 3.25. The number of H-pyrrole nitrogens is 1. The van der Waals surface area contributed by atoms with Gasteiger partial charge < -0.3 is 14.0 Å². The summed E-state index contributed by atoms with van der Waals surface area (Å²) in [6, 6.07) is 4.01. The first-order chi connectivity index (χ1) is 11.7. The number of nitrogens with zero attached hydrogens (tertiary/aromatic N) is 5. The molecule has 0 radical (unpaired) electrons. The van der Waals surface area contributed by atoms with E-state index in [-0.39, 0.29) is 0 Å². The molecular formula is C16H20N6O2. The zero-order valence-corrected chi connectivity index (χ0v) is 14.0. The number of hydrogen-bond acceptors (Lipinski definition) is 6. The Morgan fingerprint density at radius 2 is 2.08 bits per heavy atom. The first kappa shape index (κ1) is 16.0. The SMILES string of the molecule is COc1cc(C)cc(-c2nccn2CCCc2nn[nH]n2)c1OC. The van der Waals surface area contributed by atoms with E-state index in [2.05, 4.69) is 36.2 Å². The molecule has 8 nitrogen and oxygen atoms in total. The van der Waals surface area contributed by atoms with E-state index < -0.39 is 0 Å². The van der Waals surface area contributed by atoms with E-state index in [1.165, 1.54) is 0 Å². The topological polar surface area (TPSA) is 90.7 Å². The number of imidazole rings is 1. The Bertz CT molecular complexity index is 797. The van der Waals surface area contributed by atoms with Crippen molar-refractivity contribution in [1.29, 1.82) is 0 Å². The van der Waals surface area contributed by atoms with Crippen LogP contribution in [0.3, 0.4) is 0 Å². The molecule has 1 aromatic carbocycles. The lowest BCUT2D eigenvalue weighted by Crippen LogP contribution is -2.04. The van der Waals surface area contributed by atoms with E-state index in [1.54, 1.807) is 20.4 Å². The lowest BCUT2D eigenvalue weighted by molar-refractivity contribution is 0.355. The van der Waals surface area contributed by atoms with E-state index in [0.29, 0.717) is 17.3 Å². The molecule has 1 N–H and O–H groups in total. The van der Waals surface area contributed by atoms with Crippen molar-refractivity contribution in [2.75, 3.05) is 14.2 Å². The zero-order valence-electron chi connectivity index (χ0n) is 14.0. The van der Waals surface area contributed by atoms with Gasteiger partial charge in [0.2, 0.25) is 0 Å². The number of hydrogen-bond donors (Lipinski definition) is 1. The van der Waals surface area contributed by atoms with Gasteiger partial charge in [-0.05, 0) is 31.0 Å². The zero-order chi connectivity index (χ0) is 16.9. The van der Waals surface area contributed by atoms with E-state index in [9.17, 15) is 0 Å². The third-order valence-corrected chi connectivity index (χ3v) is 3.77. The number of aromatic nitrogens is 6. The minimum Gasteiger partial charge on any atom is -0.493 e. The van der Waals surface area contributed by atoms with Crippen molar-refractivity contribution in [2.24, 2.45) is 0 Å². The van der Waals surface area contributed by atoms with Crippen molar-refractivity contribution in [1.82, 2.24) is 30.2 Å². The molecule has 0 unspecified atom stereocenters. The first-order valence-electron chi connectivity index (χ1n) is 7.69. The van der Waals surface area contributed by atoms with Crippen LogP contribution in [0, 0.1) is 6.92 Å². The van der Waals surface area contributed by atoms with Gasteiger partial charge >= 0.3 is 0 Å². The van der Waals surface area contributed by atoms with Crippen molar-refractivity contribution in [3.8, 4) is 22.9 Å². The summed E-state index contributed by atoms with van der Waals surface area (Å²) in [5.74, 6) is 2.95. The number of methoxy groups -OCH3 is 2. The van der Waals surface area contributed by atoms with Crippen molar-refractivity contribution < 1.29 is 9.47 Å². The fourth-order valence-electron chi connectivity index (χ4n) is 2.70. The number of rotatable bonds is 7. The molecule has 0 bridgehead atoms. The standard InChI is InChI=1S/C16H20N6O2/c1-11-9-12(15(24-3)13(10-11)23-2)16-17-6-8-22(16)7-4-5-14-18-20-21-19-14/h6,8-10H,4-5,7H2,1-3H3,(H,18,19,20,21). The van der Waals surface area contributed by atoms with Crippen LogP contribution in [0.1, 0.15) is 17.8 Å². The van der Waals surface area contributed by atoms with Gasteiger partial charge in [-0.1, -0.05) is 5.21 Å². The Kier molecular flexibility index (Phi) is 4.74. The van der Waals surface area contributed by atoms with Crippen molar-refractivity contribution >= 4 is 0 Å². The minimum atomic E-state index is 0.689. The van der Waals surface area contributed by atoms with Crippen molar-refractivity contribution in [3.63, 3.8) is 0 Å². The van der Waals surface area contributed by atoms with Gasteiger partial charge in [-0.25, -0.2) is 4.98 Å². The second-order valence-corrected chi connectivity index (χ2v) is 5.42. The van der Waals surface area contributed by atoms with Gasteiger partial charge in [0.1, 0.15) is 5.82 Å². The van der Waals surface area contributed by atoms with Gasteiger partial charge in [0.15, 0.2) is 17.3 Å². The van der Waals surface area contributed by atoms with Crippen LogP contribution in [0.5, 0.6) is 11.5 Å². The molecule has 2 aromatic heterocycles. The number of aryl methyl sites for hydroxylation is 3. The third kappa shape index (κ3) is 3.22. The van der Waals surface area contributed by atoms with Crippen LogP contribution in [0.4, 0.5) is 0 Å². The molecule has 0 atom stereocenters. The lowest BCUT2D eigenvalue weighted by Gasteiger charge is -2.15. The fourth-order valence-corrected chi connectivity index (χ4v) is 2.70. The summed E-state index contributed by atoms with van der Waals surface area (Å²) in [4.78, 5) is 4.50. The molecule has 0 saturated heterocycles. The molecule has 126 valence electrons. The predicted molar refractivity (Wildman–Crippen MR) is 88.0 cm³/mol. The molecule has 0 aliphatic heterocycles. The number of nitrogens with one attached hydrogen (secondary N) is 1. The Balaban J connectivity index is 1.85. The Labute approximate surface area is 139 Å². The summed E-state index contributed by atoms with van der Waals surface area (Å²) in [6.07, 6.45) is 5.38. The summed E-state index contributed by atoms with van der Waals surface area (Å²) in [5, 5.41) is 14.0. The normalized spacial score (nSPS) is 10.8. The van der Waals surface area contributed by atoms with Crippen LogP contribution in [0.15, 0.2) is 24.5 Å². The molecule has 2 heterocycles. The molecule has 0 aliphatic carbocycles. The highest BCUT2D eigenvalue weighted by molar-refractivity contribution is 5.70. The highest BCUT2D eigenvalue weighted by Gasteiger charge is 2.17. The highest BCUT2D eigenvalue weighted by Crippen LogP contribution is 2.38. The monoisotopic (exact) mass is 328 g/mol. The Morgan fingerprint density at radius 1 is 1.21 bits per heavy atom. The fraction of sp³-hybridized carbons (Fsp3) is 0.375. The number of benzene rings is 1. The Hall–Kier alpha value is -2.90. The molecule has 3 aromatic rings. The first-order valence-corrected chi connectivity index (χ1v) is 7.69. The van der Waals surface area contributed by atoms with Crippen LogP contribution in [-0.4, -0.2) is 44.4 Å². The summed E-state index contributed by atoms with van der Waals surface area (Å²) in [5.41, 5.74) is 2.00. The summed E-state index contributed by atoms with van der Waals surface area (Å²) in [6.45, 7) is 2.82. The minimum absolute atomic E-state index is 0.689. The number of aromatic amines is 1. The second kappa shape index (κ2) is 7.12. The van der Waals surface area contributed by atoms with Gasteiger partial charge in [-0.15, -0.1) is 10.2 Å². The van der Waals surface area contributed by atoms with Crippen molar-refractivity contribution in [3.05, 3.63) is 35.9 Å². The maximum Gasteiger partial charge on any atom is 0.174 e. The largest absolute Gasteiger partial charge is 0.493 e. The van der Waals surface area contributed by atoms with Gasteiger partial charge in [0, 0.05) is 25.4 Å². The second-order valence-electron chi connectivity index (χ2n) is 5.42. The molecule has 8 heteroatoms. The maximum atomic E-state index is 5.55. The van der Waals surface area contributed by atoms with Crippen LogP contribution in [0.2, 0.25) is 0 Å². The molecule has 0 aliphatic rings. The van der Waals surface area contributed by atoms with E-state index in [1.807, 2.05) is 19.2 Å². The van der Waals surface area contributed by atoms with Crippen LogP contribution < -0.4 is 9.47 Å². The van der Waals surface area contributed by atoms with Gasteiger partial charge in [0.25, 0.3) is 0 Å². The predicted octanol–water partition coefficient (Wildman–Crippen LogP) is 2.02. The molecule has 0 saturated carbocycles. The maximum absolute atomic E-state index is 5.55. The summed E-state index contributed by atoms with van der Waals surface area (Å²) >= 11 is 0. The van der Waals surface area contributed by atoms with E-state index in [4.69, 9.17) is 9.47 Å². The average molecular weight is 328 g/mol. The summed E-state index contributed by atoms with van der Waals surface area (Å²) < 4.78 is 13.1. The van der Waals surface area contributed by atoms with E-state index in [0.717, 1.165) is 36.3 Å². The quantitative estimate of drug-likeness (QED) is 0.713. The molecule has 0 spiro atoms. The number of tetrazole rings is 1. The van der Waals surface area contributed by atoms with Crippen LogP contribution >= 0.6 is 0 Å². The summed E-state index contributed by atoms with van der Waals surface area (Å²) in [7, 11) is 3.28. The number of ether oxygens (including phenoxy) is 2. The third-order valence-electron chi connectivity index (χ3n) is 3.77. The van der Waals surface area contributed by atoms with Crippen LogP contribution in [-0.2, 0) is 13.0 Å². The smallest absolute Gasteiger partial charge is 0.174 e. The van der Waals surface area contributed by atoms with E-state index >= 15 is 0 Å². The van der Waals surface area contributed by atoms with Gasteiger partial charge in [0.05, 0.1) is 19.8 Å². The van der Waals surface area contributed by atoms with Crippen LogP contribution in [0.25, 0.3) is 11.4 Å². The van der Waals surface area contributed by atoms with Crippen molar-refractivity contribution in [2.45, 2.75) is 26.3 Å². The molecule has 0 amide bonds. The molecule has 3 rings (SSSR count). The van der Waals surface area contributed by atoms with Gasteiger partial charge in [-0.3, -0.25) is 0 Å².